The molecule has 1 aliphatic heterocycles. The van der Waals surface area contributed by atoms with Gasteiger partial charge in [-0.1, -0.05) is 32.9 Å². The molecule has 0 amide bonds. The lowest BCUT2D eigenvalue weighted by Gasteiger charge is -2.33. The van der Waals surface area contributed by atoms with E-state index in [9.17, 15) is 17.9 Å². The van der Waals surface area contributed by atoms with Crippen molar-refractivity contribution in [3.63, 3.8) is 0 Å². The Hall–Kier alpha value is -1.92. The zero-order valence-corrected chi connectivity index (χ0v) is 15.3. The van der Waals surface area contributed by atoms with Crippen LogP contribution in [-0.4, -0.2) is 20.1 Å². The third kappa shape index (κ3) is 3.28. The molecule has 0 fully saturated rings. The van der Waals surface area contributed by atoms with Gasteiger partial charge in [-0.15, -0.1) is 0 Å². The van der Waals surface area contributed by atoms with Crippen LogP contribution >= 0.6 is 0 Å². The van der Waals surface area contributed by atoms with Gasteiger partial charge in [0.25, 0.3) is 10.0 Å². The average molecular weight is 363 g/mol. The fourth-order valence-corrected chi connectivity index (χ4v) is 4.54. The van der Waals surface area contributed by atoms with Crippen LogP contribution < -0.4 is 4.31 Å². The molecular formula is C19H22FNO3S. The van der Waals surface area contributed by atoms with Gasteiger partial charge in [-0.25, -0.2) is 12.8 Å². The van der Waals surface area contributed by atoms with Gasteiger partial charge in [0.05, 0.1) is 16.7 Å². The second-order valence-corrected chi connectivity index (χ2v) is 9.22. The number of hydrogen-bond acceptors (Lipinski definition) is 3. The van der Waals surface area contributed by atoms with Crippen LogP contribution in [0.15, 0.2) is 47.4 Å². The smallest absolute Gasteiger partial charge is 0.264 e. The first kappa shape index (κ1) is 17.9. The van der Waals surface area contributed by atoms with Crippen molar-refractivity contribution >= 4 is 15.7 Å². The molecule has 1 unspecified atom stereocenters. The first-order valence-electron chi connectivity index (χ1n) is 8.21. The molecule has 0 spiro atoms. The normalized spacial score (nSPS) is 18.1. The molecular weight excluding hydrogens is 341 g/mol. The van der Waals surface area contributed by atoms with E-state index in [-0.39, 0.29) is 23.3 Å². The van der Waals surface area contributed by atoms with Gasteiger partial charge < -0.3 is 5.11 Å². The Balaban J connectivity index is 2.03. The van der Waals surface area contributed by atoms with Gasteiger partial charge in [-0.3, -0.25) is 4.31 Å². The van der Waals surface area contributed by atoms with E-state index in [4.69, 9.17) is 0 Å². The van der Waals surface area contributed by atoms with Gasteiger partial charge >= 0.3 is 0 Å². The largest absolute Gasteiger partial charge is 0.388 e. The third-order valence-electron chi connectivity index (χ3n) is 4.53. The Kier molecular flexibility index (Phi) is 4.37. The maximum atomic E-state index is 13.5. The zero-order valence-electron chi connectivity index (χ0n) is 14.5. The van der Waals surface area contributed by atoms with Crippen molar-refractivity contribution in [3.8, 4) is 0 Å². The van der Waals surface area contributed by atoms with E-state index >= 15 is 0 Å². The summed E-state index contributed by atoms with van der Waals surface area (Å²) in [6.07, 6.45) is -0.629. The van der Waals surface area contributed by atoms with Crippen LogP contribution in [0.3, 0.4) is 0 Å². The van der Waals surface area contributed by atoms with E-state index in [1.807, 2.05) is 12.1 Å². The topological polar surface area (TPSA) is 57.6 Å². The van der Waals surface area contributed by atoms with Gasteiger partial charge in [-0.05, 0) is 47.7 Å². The number of aliphatic hydroxyl groups excluding tert-OH is 1. The highest BCUT2D eigenvalue weighted by atomic mass is 32.2. The van der Waals surface area contributed by atoms with Crippen LogP contribution in [0.5, 0.6) is 0 Å². The van der Waals surface area contributed by atoms with E-state index in [1.54, 1.807) is 12.1 Å². The SMILES string of the molecule is CC(C)(C)c1ccc(S(=O)(=O)N2CCC(O)c3cc(F)ccc32)cc1. The van der Waals surface area contributed by atoms with Crippen LogP contribution in [0.4, 0.5) is 10.1 Å². The van der Waals surface area contributed by atoms with Crippen molar-refractivity contribution in [1.82, 2.24) is 0 Å². The Morgan fingerprint density at radius 3 is 2.36 bits per heavy atom. The highest BCUT2D eigenvalue weighted by Gasteiger charge is 2.32. The highest BCUT2D eigenvalue weighted by molar-refractivity contribution is 7.92. The lowest BCUT2D eigenvalue weighted by Crippen LogP contribution is -2.36. The molecule has 4 nitrogen and oxygen atoms in total. The van der Waals surface area contributed by atoms with E-state index < -0.39 is 21.9 Å². The summed E-state index contributed by atoms with van der Waals surface area (Å²) in [5, 5.41) is 10.1. The molecule has 1 N–H and O–H groups in total. The van der Waals surface area contributed by atoms with Crippen molar-refractivity contribution in [2.75, 3.05) is 10.8 Å². The number of nitrogens with zero attached hydrogens (tertiary/aromatic N) is 1. The molecule has 0 aliphatic carbocycles. The molecule has 1 atom stereocenters. The Morgan fingerprint density at radius 2 is 1.76 bits per heavy atom. The summed E-state index contributed by atoms with van der Waals surface area (Å²) in [4.78, 5) is 0.187. The van der Waals surface area contributed by atoms with Crippen LogP contribution in [0, 0.1) is 5.82 Å². The summed E-state index contributed by atoms with van der Waals surface area (Å²) in [5.41, 5.74) is 1.62. The summed E-state index contributed by atoms with van der Waals surface area (Å²) in [5.74, 6) is -0.494. The number of halogens is 1. The van der Waals surface area contributed by atoms with Crippen molar-refractivity contribution in [2.45, 2.75) is 43.6 Å². The molecule has 25 heavy (non-hydrogen) atoms. The maximum Gasteiger partial charge on any atom is 0.264 e. The minimum Gasteiger partial charge on any atom is -0.388 e. The monoisotopic (exact) mass is 363 g/mol. The predicted octanol–water partition coefficient (Wildman–Crippen LogP) is 3.76. The molecule has 134 valence electrons. The highest BCUT2D eigenvalue weighted by Crippen LogP contribution is 2.37. The lowest BCUT2D eigenvalue weighted by atomic mass is 9.87. The van der Waals surface area contributed by atoms with E-state index in [2.05, 4.69) is 20.8 Å². The minimum absolute atomic E-state index is 0.0678. The Labute approximate surface area is 148 Å². The fourth-order valence-electron chi connectivity index (χ4n) is 3.04. The van der Waals surface area contributed by atoms with Crippen molar-refractivity contribution in [3.05, 3.63) is 59.4 Å². The van der Waals surface area contributed by atoms with Gasteiger partial charge in [0.15, 0.2) is 0 Å². The first-order chi connectivity index (χ1) is 11.6. The van der Waals surface area contributed by atoms with Crippen molar-refractivity contribution in [2.24, 2.45) is 0 Å². The van der Waals surface area contributed by atoms with Crippen LogP contribution in [0.25, 0.3) is 0 Å². The molecule has 6 heteroatoms. The molecule has 2 aromatic rings. The van der Waals surface area contributed by atoms with Gasteiger partial charge in [-0.2, -0.15) is 0 Å². The molecule has 3 rings (SSSR count). The van der Waals surface area contributed by atoms with Crippen LogP contribution in [-0.2, 0) is 15.4 Å². The van der Waals surface area contributed by atoms with Crippen LogP contribution in [0.1, 0.15) is 44.4 Å². The standard InChI is InChI=1S/C19H22FNO3S/c1-19(2,3)13-4-7-15(8-5-13)25(23,24)21-11-10-18(22)16-12-14(20)6-9-17(16)21/h4-9,12,18,22H,10-11H2,1-3H3. The average Bonchev–Trinajstić information content (AvgIpc) is 2.55. The number of benzene rings is 2. The summed E-state index contributed by atoms with van der Waals surface area (Å²) in [6.45, 7) is 6.34. The number of sulfonamides is 1. The number of aliphatic hydroxyl groups is 1. The quantitative estimate of drug-likeness (QED) is 0.884. The predicted molar refractivity (Wildman–Crippen MR) is 95.7 cm³/mol. The Bertz CT molecular complexity index is 886. The van der Waals surface area contributed by atoms with Gasteiger partial charge in [0.2, 0.25) is 0 Å². The van der Waals surface area contributed by atoms with E-state index in [0.717, 1.165) is 5.56 Å². The van der Waals surface area contributed by atoms with Gasteiger partial charge in [0.1, 0.15) is 5.82 Å². The van der Waals surface area contributed by atoms with Crippen LogP contribution in [0.2, 0.25) is 0 Å². The summed E-state index contributed by atoms with van der Waals surface area (Å²) in [6, 6.07) is 10.7. The number of fused-ring (bicyclic) bond motifs is 1. The zero-order chi connectivity index (χ0) is 18.4. The van der Waals surface area contributed by atoms with E-state index in [0.29, 0.717) is 11.3 Å². The fraction of sp³-hybridized carbons (Fsp3) is 0.368. The summed E-state index contributed by atoms with van der Waals surface area (Å²) in [7, 11) is -3.77. The Morgan fingerprint density at radius 1 is 1.12 bits per heavy atom. The molecule has 2 aromatic carbocycles. The molecule has 1 heterocycles. The molecule has 0 saturated heterocycles. The molecule has 1 aliphatic rings. The van der Waals surface area contributed by atoms with Crippen molar-refractivity contribution < 1.29 is 17.9 Å². The van der Waals surface area contributed by atoms with Gasteiger partial charge in [0, 0.05) is 12.1 Å². The second kappa shape index (κ2) is 6.11. The van der Waals surface area contributed by atoms with E-state index in [1.165, 1.54) is 22.5 Å². The molecule has 0 saturated carbocycles. The number of anilines is 1. The first-order valence-corrected chi connectivity index (χ1v) is 9.65. The molecule has 0 radical (unpaired) electrons. The summed E-state index contributed by atoms with van der Waals surface area (Å²) < 4.78 is 40.8. The number of hydrogen-bond donors (Lipinski definition) is 1. The minimum atomic E-state index is -3.77. The lowest BCUT2D eigenvalue weighted by molar-refractivity contribution is 0.166. The second-order valence-electron chi connectivity index (χ2n) is 7.36. The number of rotatable bonds is 2. The molecule has 0 bridgehead atoms. The third-order valence-corrected chi connectivity index (χ3v) is 6.36. The maximum absolute atomic E-state index is 13.5. The molecule has 0 aromatic heterocycles. The summed E-state index contributed by atoms with van der Waals surface area (Å²) >= 11 is 0. The van der Waals surface area contributed by atoms with Crippen molar-refractivity contribution in [1.29, 1.82) is 0 Å².